The van der Waals surface area contributed by atoms with Crippen LogP contribution >= 0.6 is 0 Å². The summed E-state index contributed by atoms with van der Waals surface area (Å²) < 4.78 is 10.5. The first-order chi connectivity index (χ1) is 10.1. The zero-order valence-corrected chi connectivity index (χ0v) is 12.6. The van der Waals surface area contributed by atoms with Crippen LogP contribution in [-0.4, -0.2) is 17.7 Å². The fourth-order valence-electron chi connectivity index (χ4n) is 2.13. The first kappa shape index (κ1) is 15.1. The minimum atomic E-state index is -0.120. The number of benzene rings is 1. The summed E-state index contributed by atoms with van der Waals surface area (Å²) in [5.74, 6) is 1.14. The monoisotopic (exact) mass is 288 g/mol. The third-order valence-corrected chi connectivity index (χ3v) is 3.19. The van der Waals surface area contributed by atoms with Crippen LogP contribution in [0, 0.1) is 6.92 Å². The quantitative estimate of drug-likeness (QED) is 0.887. The molecule has 1 N–H and O–H groups in total. The van der Waals surface area contributed by atoms with Crippen molar-refractivity contribution < 1.29 is 14.1 Å². The van der Waals surface area contributed by atoms with Gasteiger partial charge in [0.05, 0.1) is 18.7 Å². The molecule has 0 radical (unpaired) electrons. The van der Waals surface area contributed by atoms with Crippen molar-refractivity contribution in [2.75, 3.05) is 11.9 Å². The van der Waals surface area contributed by atoms with Crippen molar-refractivity contribution in [1.82, 2.24) is 5.16 Å². The van der Waals surface area contributed by atoms with Crippen LogP contribution in [0.15, 0.2) is 28.8 Å². The van der Waals surface area contributed by atoms with Gasteiger partial charge >= 0.3 is 0 Å². The zero-order valence-electron chi connectivity index (χ0n) is 12.6. The Morgan fingerprint density at radius 1 is 1.29 bits per heavy atom. The van der Waals surface area contributed by atoms with Crippen LogP contribution in [0.5, 0.6) is 5.75 Å². The number of aryl methyl sites for hydroxylation is 1. The van der Waals surface area contributed by atoms with E-state index in [2.05, 4.69) is 10.5 Å². The molecule has 2 aromatic rings. The van der Waals surface area contributed by atoms with Crippen molar-refractivity contribution in [3.05, 3.63) is 41.1 Å². The molecule has 0 atom stereocenters. The molecule has 0 unspecified atom stereocenters. The largest absolute Gasteiger partial charge is 0.494 e. The predicted octanol–water partition coefficient (Wildman–Crippen LogP) is 3.13. The highest BCUT2D eigenvalue weighted by Crippen LogP contribution is 2.20. The maximum absolute atomic E-state index is 12.0. The Bertz CT molecular complexity index is 602. The van der Waals surface area contributed by atoms with E-state index < -0.39 is 0 Å². The second-order valence-electron chi connectivity index (χ2n) is 4.73. The maximum atomic E-state index is 12.0. The van der Waals surface area contributed by atoms with Crippen LogP contribution in [-0.2, 0) is 17.6 Å². The van der Waals surface area contributed by atoms with Gasteiger partial charge in [0.25, 0.3) is 0 Å². The van der Waals surface area contributed by atoms with Gasteiger partial charge < -0.3 is 9.26 Å². The van der Waals surface area contributed by atoms with Gasteiger partial charge in [-0.3, -0.25) is 10.1 Å². The Hall–Kier alpha value is -2.30. The van der Waals surface area contributed by atoms with E-state index in [1.165, 1.54) is 0 Å². The number of nitrogens with zero attached hydrogens (tertiary/aromatic N) is 1. The summed E-state index contributed by atoms with van der Waals surface area (Å²) in [6.07, 6.45) is 1.06. The minimum Gasteiger partial charge on any atom is -0.494 e. The summed E-state index contributed by atoms with van der Waals surface area (Å²) in [5, 5.41) is 6.64. The lowest BCUT2D eigenvalue weighted by Gasteiger charge is -2.06. The van der Waals surface area contributed by atoms with Gasteiger partial charge in [0.15, 0.2) is 0 Å². The Morgan fingerprint density at radius 2 is 2.00 bits per heavy atom. The van der Waals surface area contributed by atoms with E-state index in [4.69, 9.17) is 9.26 Å². The fraction of sp³-hybridized carbons (Fsp3) is 0.375. The topological polar surface area (TPSA) is 64.4 Å². The van der Waals surface area contributed by atoms with E-state index in [1.807, 2.05) is 45.0 Å². The molecule has 0 aliphatic carbocycles. The van der Waals surface area contributed by atoms with E-state index in [0.717, 1.165) is 29.0 Å². The Balaban J connectivity index is 1.98. The van der Waals surface area contributed by atoms with Crippen LogP contribution in [0.1, 0.15) is 30.7 Å². The Morgan fingerprint density at radius 3 is 2.62 bits per heavy atom. The molecule has 112 valence electrons. The summed E-state index contributed by atoms with van der Waals surface area (Å²) in [4.78, 5) is 12.0. The lowest BCUT2D eigenvalue weighted by atomic mass is 10.1. The van der Waals surface area contributed by atoms with E-state index in [9.17, 15) is 4.79 Å². The van der Waals surface area contributed by atoms with E-state index >= 15 is 0 Å². The summed E-state index contributed by atoms with van der Waals surface area (Å²) >= 11 is 0. The highest BCUT2D eigenvalue weighted by atomic mass is 16.5. The summed E-state index contributed by atoms with van der Waals surface area (Å²) in [7, 11) is 0. The number of rotatable bonds is 6. The normalized spacial score (nSPS) is 10.4. The highest BCUT2D eigenvalue weighted by Gasteiger charge is 2.14. The summed E-state index contributed by atoms with van der Waals surface area (Å²) in [5.41, 5.74) is 2.68. The minimum absolute atomic E-state index is 0.120. The van der Waals surface area contributed by atoms with Gasteiger partial charge in [0, 0.05) is 5.56 Å². The SMILES string of the molecule is CCOc1ccc(CC(=O)Nc2onc(C)c2CC)cc1. The molecule has 0 aliphatic rings. The molecule has 1 amide bonds. The number of ether oxygens (including phenoxy) is 1. The van der Waals surface area contributed by atoms with Gasteiger partial charge in [0.1, 0.15) is 5.75 Å². The van der Waals surface area contributed by atoms with Crippen molar-refractivity contribution >= 4 is 11.8 Å². The van der Waals surface area contributed by atoms with Gasteiger partial charge in [-0.25, -0.2) is 0 Å². The van der Waals surface area contributed by atoms with Crippen LogP contribution in [0.3, 0.4) is 0 Å². The molecule has 1 aromatic heterocycles. The van der Waals surface area contributed by atoms with Crippen molar-refractivity contribution in [3.8, 4) is 5.75 Å². The predicted molar refractivity (Wildman–Crippen MR) is 80.6 cm³/mol. The number of hydrogen-bond acceptors (Lipinski definition) is 4. The second-order valence-corrected chi connectivity index (χ2v) is 4.73. The van der Waals surface area contributed by atoms with Gasteiger partial charge in [-0.15, -0.1) is 0 Å². The molecule has 0 fully saturated rings. The fourth-order valence-corrected chi connectivity index (χ4v) is 2.13. The van der Waals surface area contributed by atoms with Crippen molar-refractivity contribution in [2.45, 2.75) is 33.6 Å². The van der Waals surface area contributed by atoms with Gasteiger partial charge in [-0.05, 0) is 38.0 Å². The van der Waals surface area contributed by atoms with Crippen LogP contribution in [0.4, 0.5) is 5.88 Å². The molecule has 5 nitrogen and oxygen atoms in total. The average molecular weight is 288 g/mol. The van der Waals surface area contributed by atoms with Crippen molar-refractivity contribution in [1.29, 1.82) is 0 Å². The molecule has 5 heteroatoms. The molecule has 21 heavy (non-hydrogen) atoms. The Kier molecular flexibility index (Phi) is 4.98. The van der Waals surface area contributed by atoms with E-state index in [0.29, 0.717) is 12.5 Å². The number of carbonyl (C=O) groups is 1. The van der Waals surface area contributed by atoms with Crippen LogP contribution in [0.2, 0.25) is 0 Å². The van der Waals surface area contributed by atoms with Crippen LogP contribution in [0.25, 0.3) is 0 Å². The van der Waals surface area contributed by atoms with E-state index in [1.54, 1.807) is 0 Å². The number of amides is 1. The number of anilines is 1. The molecule has 0 aliphatic heterocycles. The van der Waals surface area contributed by atoms with Crippen molar-refractivity contribution in [2.24, 2.45) is 0 Å². The summed E-state index contributed by atoms with van der Waals surface area (Å²) in [6.45, 7) is 6.43. The van der Waals surface area contributed by atoms with E-state index in [-0.39, 0.29) is 12.3 Å². The van der Waals surface area contributed by atoms with Crippen LogP contribution < -0.4 is 10.1 Å². The Labute approximate surface area is 124 Å². The molecule has 1 aromatic carbocycles. The molecule has 1 heterocycles. The second kappa shape index (κ2) is 6.92. The number of aromatic nitrogens is 1. The van der Waals surface area contributed by atoms with Gasteiger partial charge in [-0.2, -0.15) is 0 Å². The maximum Gasteiger partial charge on any atom is 0.234 e. The van der Waals surface area contributed by atoms with Crippen molar-refractivity contribution in [3.63, 3.8) is 0 Å². The average Bonchev–Trinajstić information content (AvgIpc) is 2.81. The molecule has 0 saturated heterocycles. The lowest BCUT2D eigenvalue weighted by Crippen LogP contribution is -2.14. The first-order valence-corrected chi connectivity index (χ1v) is 7.10. The third-order valence-electron chi connectivity index (χ3n) is 3.19. The first-order valence-electron chi connectivity index (χ1n) is 7.10. The molecular formula is C16H20N2O3. The molecule has 0 bridgehead atoms. The molecule has 0 spiro atoms. The highest BCUT2D eigenvalue weighted by molar-refractivity contribution is 5.91. The lowest BCUT2D eigenvalue weighted by molar-refractivity contribution is -0.115. The molecular weight excluding hydrogens is 268 g/mol. The number of hydrogen-bond donors (Lipinski definition) is 1. The number of carbonyl (C=O) groups excluding carboxylic acids is 1. The standard InChI is InChI=1S/C16H20N2O3/c1-4-14-11(3)18-21-16(14)17-15(19)10-12-6-8-13(9-7-12)20-5-2/h6-9H,4-5,10H2,1-3H3,(H,17,19). The third kappa shape index (κ3) is 3.84. The van der Waals surface area contributed by atoms with Gasteiger partial charge in [-0.1, -0.05) is 24.2 Å². The molecule has 0 saturated carbocycles. The number of nitrogens with one attached hydrogen (secondary N) is 1. The summed E-state index contributed by atoms with van der Waals surface area (Å²) in [6, 6.07) is 7.50. The zero-order chi connectivity index (χ0) is 15.2. The molecule has 2 rings (SSSR count). The smallest absolute Gasteiger partial charge is 0.234 e. The van der Waals surface area contributed by atoms with Gasteiger partial charge in [0.2, 0.25) is 11.8 Å².